The Hall–Kier alpha value is -2.31. The molecule has 3 rings (SSSR count). The fourth-order valence-electron chi connectivity index (χ4n) is 2.32. The Balaban J connectivity index is 1.95. The summed E-state index contributed by atoms with van der Waals surface area (Å²) in [5.74, 6) is 2.95. The summed E-state index contributed by atoms with van der Waals surface area (Å²) >= 11 is 0. The van der Waals surface area contributed by atoms with E-state index in [1.165, 1.54) is 25.0 Å². The van der Waals surface area contributed by atoms with E-state index in [1.807, 2.05) is 31.2 Å². The molecule has 112 valence electrons. The minimum absolute atomic E-state index is 0.282. The number of aryl methyl sites for hydroxylation is 1. The first-order valence-electron chi connectivity index (χ1n) is 7.43. The van der Waals surface area contributed by atoms with Gasteiger partial charge in [0.1, 0.15) is 5.82 Å². The molecule has 0 radical (unpaired) electrons. The number of hydrogen-bond acceptors (Lipinski definition) is 2. The van der Waals surface area contributed by atoms with Crippen molar-refractivity contribution < 1.29 is 9.23 Å². The van der Waals surface area contributed by atoms with Gasteiger partial charge in [0.2, 0.25) is 0 Å². The molecule has 0 aromatic heterocycles. The molecular formula is C19H18FNO. The molecule has 1 saturated carbocycles. The molecule has 3 heteroatoms. The predicted octanol–water partition coefficient (Wildman–Crippen LogP) is 4.60. The summed E-state index contributed by atoms with van der Waals surface area (Å²) in [7, 11) is 0. The van der Waals surface area contributed by atoms with E-state index >= 15 is 0 Å². The number of hydrogen-bond donors (Lipinski definition) is 0. The molecule has 2 aromatic carbocycles. The van der Waals surface area contributed by atoms with Crippen molar-refractivity contribution in [1.29, 1.82) is 0 Å². The van der Waals surface area contributed by atoms with Crippen LogP contribution in [0, 0.1) is 31.0 Å². The third kappa shape index (κ3) is 3.29. The van der Waals surface area contributed by atoms with Crippen molar-refractivity contribution in [1.82, 2.24) is 0 Å². The molecule has 0 heterocycles. The van der Waals surface area contributed by atoms with Gasteiger partial charge in [-0.15, -0.1) is 6.42 Å². The van der Waals surface area contributed by atoms with Crippen LogP contribution in [-0.2, 0) is 4.84 Å². The average Bonchev–Trinajstić information content (AvgIpc) is 3.33. The molecular weight excluding hydrogens is 277 g/mol. The second kappa shape index (κ2) is 6.21. The second-order valence-corrected chi connectivity index (χ2v) is 5.66. The third-order valence-corrected chi connectivity index (χ3v) is 3.76. The first-order chi connectivity index (χ1) is 10.7. The number of halogens is 1. The maximum Gasteiger partial charge on any atom is 0.125 e. The van der Waals surface area contributed by atoms with E-state index in [0.29, 0.717) is 18.2 Å². The molecule has 2 aromatic rings. The van der Waals surface area contributed by atoms with E-state index in [-0.39, 0.29) is 5.82 Å². The Labute approximate surface area is 130 Å². The summed E-state index contributed by atoms with van der Waals surface area (Å²) in [6.45, 7) is 2.62. The molecule has 1 aliphatic carbocycles. The number of nitrogens with zero attached hydrogens (tertiary/aromatic N) is 1. The summed E-state index contributed by atoms with van der Waals surface area (Å²) in [4.78, 5) is 5.96. The van der Waals surface area contributed by atoms with Crippen molar-refractivity contribution in [2.45, 2.75) is 19.8 Å². The van der Waals surface area contributed by atoms with E-state index in [9.17, 15) is 4.39 Å². The van der Waals surface area contributed by atoms with Crippen LogP contribution in [0.25, 0.3) is 0 Å². The first kappa shape index (κ1) is 14.6. The van der Waals surface area contributed by atoms with Gasteiger partial charge in [0, 0.05) is 5.56 Å². The van der Waals surface area contributed by atoms with E-state index in [2.05, 4.69) is 5.92 Å². The Morgan fingerprint density at radius 3 is 2.73 bits per heavy atom. The average molecular weight is 295 g/mol. The minimum Gasteiger partial charge on any atom is -0.268 e. The van der Waals surface area contributed by atoms with Crippen LogP contribution in [-0.4, -0.2) is 6.61 Å². The van der Waals surface area contributed by atoms with Crippen LogP contribution < -0.4 is 5.06 Å². The van der Waals surface area contributed by atoms with Gasteiger partial charge in [-0.3, -0.25) is 4.84 Å². The summed E-state index contributed by atoms with van der Waals surface area (Å²) in [5.41, 5.74) is 3.38. The van der Waals surface area contributed by atoms with Crippen LogP contribution in [0.2, 0.25) is 0 Å². The highest BCUT2D eigenvalue weighted by atomic mass is 19.1. The van der Waals surface area contributed by atoms with E-state index in [1.54, 1.807) is 11.1 Å². The standard InChI is InChI=1S/C19H18FNO/c1-3-15-9-10-19(14(2)11-15)21(22-13-16-7-8-16)18-6-4-5-17(20)12-18/h1,4-6,9-12,16H,7-8,13H2,2H3. The Kier molecular flexibility index (Phi) is 4.13. The lowest BCUT2D eigenvalue weighted by Gasteiger charge is -2.26. The summed E-state index contributed by atoms with van der Waals surface area (Å²) in [6, 6.07) is 12.1. The minimum atomic E-state index is -0.282. The predicted molar refractivity (Wildman–Crippen MR) is 86.3 cm³/mol. The van der Waals surface area contributed by atoms with Gasteiger partial charge in [0.05, 0.1) is 18.0 Å². The van der Waals surface area contributed by atoms with Crippen molar-refractivity contribution in [2.24, 2.45) is 5.92 Å². The van der Waals surface area contributed by atoms with Crippen molar-refractivity contribution in [3.63, 3.8) is 0 Å². The molecule has 0 spiro atoms. The lowest BCUT2D eigenvalue weighted by molar-refractivity contribution is 0.125. The van der Waals surface area contributed by atoms with Crippen LogP contribution in [0.1, 0.15) is 24.0 Å². The van der Waals surface area contributed by atoms with E-state index < -0.39 is 0 Å². The number of anilines is 2. The number of rotatable bonds is 5. The van der Waals surface area contributed by atoms with E-state index in [0.717, 1.165) is 16.8 Å². The van der Waals surface area contributed by atoms with Crippen LogP contribution in [0.4, 0.5) is 15.8 Å². The topological polar surface area (TPSA) is 12.5 Å². The monoisotopic (exact) mass is 295 g/mol. The molecule has 1 fully saturated rings. The zero-order chi connectivity index (χ0) is 15.5. The fourth-order valence-corrected chi connectivity index (χ4v) is 2.32. The molecule has 2 nitrogen and oxygen atoms in total. The second-order valence-electron chi connectivity index (χ2n) is 5.66. The molecule has 0 aliphatic heterocycles. The van der Waals surface area contributed by atoms with Crippen molar-refractivity contribution >= 4 is 11.4 Å². The largest absolute Gasteiger partial charge is 0.268 e. The van der Waals surface area contributed by atoms with Gasteiger partial charge in [-0.2, -0.15) is 0 Å². The highest BCUT2D eigenvalue weighted by Crippen LogP contribution is 2.34. The summed E-state index contributed by atoms with van der Waals surface area (Å²) in [6.07, 6.45) is 7.84. The van der Waals surface area contributed by atoms with Crippen LogP contribution in [0.3, 0.4) is 0 Å². The zero-order valence-corrected chi connectivity index (χ0v) is 12.6. The van der Waals surface area contributed by atoms with Crippen molar-refractivity contribution in [2.75, 3.05) is 11.7 Å². The SMILES string of the molecule is C#Cc1ccc(N(OCC2CC2)c2cccc(F)c2)c(C)c1. The van der Waals surface area contributed by atoms with Gasteiger partial charge < -0.3 is 0 Å². The van der Waals surface area contributed by atoms with Crippen LogP contribution in [0.15, 0.2) is 42.5 Å². The zero-order valence-electron chi connectivity index (χ0n) is 12.6. The van der Waals surface area contributed by atoms with Gasteiger partial charge >= 0.3 is 0 Å². The smallest absolute Gasteiger partial charge is 0.125 e. The quantitative estimate of drug-likeness (QED) is 0.590. The Bertz CT molecular complexity index is 716. The molecule has 0 amide bonds. The summed E-state index contributed by atoms with van der Waals surface area (Å²) in [5, 5.41) is 1.71. The molecule has 22 heavy (non-hydrogen) atoms. The van der Waals surface area contributed by atoms with Gasteiger partial charge in [-0.25, -0.2) is 9.45 Å². The molecule has 0 atom stereocenters. The fraction of sp³-hybridized carbons (Fsp3) is 0.263. The normalized spacial score (nSPS) is 13.7. The Morgan fingerprint density at radius 1 is 1.27 bits per heavy atom. The lowest BCUT2D eigenvalue weighted by Crippen LogP contribution is -2.20. The maximum absolute atomic E-state index is 13.6. The Morgan fingerprint density at radius 2 is 2.09 bits per heavy atom. The van der Waals surface area contributed by atoms with Crippen LogP contribution >= 0.6 is 0 Å². The van der Waals surface area contributed by atoms with Crippen LogP contribution in [0.5, 0.6) is 0 Å². The molecule has 1 aliphatic rings. The molecule has 0 bridgehead atoms. The molecule has 0 saturated heterocycles. The third-order valence-electron chi connectivity index (χ3n) is 3.76. The molecule has 0 N–H and O–H groups in total. The first-order valence-corrected chi connectivity index (χ1v) is 7.43. The number of terminal acetylenes is 1. The van der Waals surface area contributed by atoms with Gasteiger partial charge in [-0.1, -0.05) is 12.0 Å². The molecule has 0 unspecified atom stereocenters. The van der Waals surface area contributed by atoms with Crippen molar-refractivity contribution in [3.8, 4) is 12.3 Å². The van der Waals surface area contributed by atoms with Crippen molar-refractivity contribution in [3.05, 3.63) is 59.4 Å². The lowest BCUT2D eigenvalue weighted by atomic mass is 10.1. The van der Waals surface area contributed by atoms with Gasteiger partial charge in [0.25, 0.3) is 0 Å². The summed E-state index contributed by atoms with van der Waals surface area (Å²) < 4.78 is 13.6. The number of benzene rings is 2. The van der Waals surface area contributed by atoms with Gasteiger partial charge in [-0.05, 0) is 67.6 Å². The van der Waals surface area contributed by atoms with E-state index in [4.69, 9.17) is 11.3 Å². The van der Waals surface area contributed by atoms with Gasteiger partial charge in [0.15, 0.2) is 0 Å². The highest BCUT2D eigenvalue weighted by molar-refractivity contribution is 5.65. The highest BCUT2D eigenvalue weighted by Gasteiger charge is 2.24. The maximum atomic E-state index is 13.6.